The number of hydrogen-bond donors (Lipinski definition) is 1. The normalized spacial score (nSPS) is 14.9. The first-order valence-corrected chi connectivity index (χ1v) is 12.0. The molecule has 0 unspecified atom stereocenters. The third-order valence-electron chi connectivity index (χ3n) is 4.19. The summed E-state index contributed by atoms with van der Waals surface area (Å²) in [6, 6.07) is 3.76. The number of carbonyl (C=O) groups excluding carboxylic acids is 1. The summed E-state index contributed by atoms with van der Waals surface area (Å²) in [5.41, 5.74) is 0.243. The Hall–Kier alpha value is -2.20. The molecule has 0 bridgehead atoms. The van der Waals surface area contributed by atoms with Crippen molar-refractivity contribution >= 4 is 31.3 Å². The molecule has 8 nitrogen and oxygen atoms in total. The quantitative estimate of drug-likeness (QED) is 0.660. The van der Waals surface area contributed by atoms with E-state index < -0.39 is 25.6 Å². The zero-order valence-electron chi connectivity index (χ0n) is 14.9. The molecule has 2 aromatic rings. The first kappa shape index (κ1) is 19.6. The first-order valence-electron chi connectivity index (χ1n) is 8.46. The standard InChI is InChI=1S/C17H20N2O6S2/c1-3-8-27(23,24)19-15-9-12(26(2,21)22)6-7-13(15)16(20)14-10-18-25-17(14)11-4-5-11/h6-7,9-11,19H,3-5,8H2,1-2H3. The number of aromatic nitrogens is 1. The predicted octanol–water partition coefficient (Wildman–Crippen LogP) is 2.34. The Labute approximate surface area is 157 Å². The van der Waals surface area contributed by atoms with E-state index in [0.717, 1.165) is 19.1 Å². The average Bonchev–Trinajstić information content (AvgIpc) is 3.29. The van der Waals surface area contributed by atoms with Crippen LogP contribution in [0.1, 0.15) is 53.8 Å². The molecule has 1 aliphatic rings. The molecular formula is C17H20N2O6S2. The Kier molecular flexibility index (Phi) is 5.13. The van der Waals surface area contributed by atoms with Crippen LogP contribution in [0.15, 0.2) is 33.8 Å². The fourth-order valence-electron chi connectivity index (χ4n) is 2.73. The molecule has 1 N–H and O–H groups in total. The molecular weight excluding hydrogens is 392 g/mol. The third-order valence-corrected chi connectivity index (χ3v) is 6.78. The van der Waals surface area contributed by atoms with E-state index in [9.17, 15) is 21.6 Å². The van der Waals surface area contributed by atoms with Gasteiger partial charge in [0.1, 0.15) is 0 Å². The number of hydrogen-bond acceptors (Lipinski definition) is 7. The van der Waals surface area contributed by atoms with Crippen molar-refractivity contribution in [1.82, 2.24) is 5.16 Å². The van der Waals surface area contributed by atoms with Gasteiger partial charge in [0.15, 0.2) is 21.4 Å². The van der Waals surface area contributed by atoms with Crippen molar-refractivity contribution in [3.05, 3.63) is 41.3 Å². The lowest BCUT2D eigenvalue weighted by Crippen LogP contribution is -2.19. The van der Waals surface area contributed by atoms with Crippen LogP contribution < -0.4 is 4.72 Å². The molecule has 10 heteroatoms. The number of nitrogens with one attached hydrogen (secondary N) is 1. The number of ketones is 1. The molecule has 1 fully saturated rings. The van der Waals surface area contributed by atoms with Gasteiger partial charge in [-0.15, -0.1) is 0 Å². The maximum absolute atomic E-state index is 13.0. The van der Waals surface area contributed by atoms with Gasteiger partial charge in [-0.3, -0.25) is 9.52 Å². The van der Waals surface area contributed by atoms with Gasteiger partial charge in [-0.25, -0.2) is 16.8 Å². The summed E-state index contributed by atoms with van der Waals surface area (Å²) in [5.74, 6) is 0.00793. The second kappa shape index (κ2) is 7.08. The number of sulfone groups is 1. The molecule has 1 aromatic heterocycles. The number of rotatable bonds is 8. The van der Waals surface area contributed by atoms with Crippen LogP contribution in [0.3, 0.4) is 0 Å². The molecule has 1 heterocycles. The van der Waals surface area contributed by atoms with Crippen LogP contribution in [0.25, 0.3) is 0 Å². The van der Waals surface area contributed by atoms with Crippen molar-refractivity contribution in [3.63, 3.8) is 0 Å². The van der Waals surface area contributed by atoms with E-state index in [2.05, 4.69) is 9.88 Å². The summed E-state index contributed by atoms with van der Waals surface area (Å²) in [5, 5.41) is 3.69. The van der Waals surface area contributed by atoms with Crippen LogP contribution >= 0.6 is 0 Å². The summed E-state index contributed by atoms with van der Waals surface area (Å²) in [4.78, 5) is 12.9. The lowest BCUT2D eigenvalue weighted by Gasteiger charge is -2.13. The van der Waals surface area contributed by atoms with E-state index in [1.165, 1.54) is 24.4 Å². The Balaban J connectivity index is 2.08. The van der Waals surface area contributed by atoms with Gasteiger partial charge in [0.2, 0.25) is 10.0 Å². The van der Waals surface area contributed by atoms with Crippen LogP contribution in [0.2, 0.25) is 0 Å². The molecule has 0 saturated heterocycles. The smallest absolute Gasteiger partial charge is 0.232 e. The molecule has 0 amide bonds. The van der Waals surface area contributed by atoms with Gasteiger partial charge in [-0.2, -0.15) is 0 Å². The molecule has 27 heavy (non-hydrogen) atoms. The van der Waals surface area contributed by atoms with Crippen molar-refractivity contribution < 1.29 is 26.2 Å². The summed E-state index contributed by atoms with van der Waals surface area (Å²) < 4.78 is 55.6. The molecule has 0 atom stereocenters. The summed E-state index contributed by atoms with van der Waals surface area (Å²) >= 11 is 0. The van der Waals surface area contributed by atoms with Crippen molar-refractivity contribution in [1.29, 1.82) is 0 Å². The SMILES string of the molecule is CCCS(=O)(=O)Nc1cc(S(C)(=O)=O)ccc1C(=O)c1cnoc1C1CC1. The van der Waals surface area contributed by atoms with Gasteiger partial charge in [0, 0.05) is 17.7 Å². The fraction of sp³-hybridized carbons (Fsp3) is 0.412. The third kappa shape index (κ3) is 4.38. The average molecular weight is 412 g/mol. The molecule has 146 valence electrons. The molecule has 0 radical (unpaired) electrons. The van der Waals surface area contributed by atoms with Crippen molar-refractivity contribution in [2.24, 2.45) is 0 Å². The Morgan fingerprint density at radius 1 is 1.22 bits per heavy atom. The van der Waals surface area contributed by atoms with Gasteiger partial charge >= 0.3 is 0 Å². The van der Waals surface area contributed by atoms with E-state index in [4.69, 9.17) is 4.52 Å². The molecule has 0 spiro atoms. The lowest BCUT2D eigenvalue weighted by molar-refractivity contribution is 0.103. The molecule has 0 aliphatic heterocycles. The van der Waals surface area contributed by atoms with E-state index in [1.807, 2.05) is 0 Å². The second-order valence-corrected chi connectivity index (χ2v) is 10.5. The maximum atomic E-state index is 13.0. The highest BCUT2D eigenvalue weighted by Crippen LogP contribution is 2.42. The number of anilines is 1. The fourth-order valence-corrected chi connectivity index (χ4v) is 4.52. The van der Waals surface area contributed by atoms with Crippen LogP contribution in [0, 0.1) is 0 Å². The van der Waals surface area contributed by atoms with Gasteiger partial charge in [0.05, 0.1) is 28.1 Å². The number of carbonyl (C=O) groups is 1. The molecule has 1 aromatic carbocycles. The number of benzene rings is 1. The lowest BCUT2D eigenvalue weighted by atomic mass is 10.0. The van der Waals surface area contributed by atoms with Gasteiger partial charge in [0.25, 0.3) is 0 Å². The van der Waals surface area contributed by atoms with E-state index in [-0.39, 0.29) is 33.4 Å². The monoisotopic (exact) mass is 412 g/mol. The van der Waals surface area contributed by atoms with Gasteiger partial charge in [-0.05, 0) is 37.5 Å². The van der Waals surface area contributed by atoms with Gasteiger partial charge < -0.3 is 4.52 Å². The van der Waals surface area contributed by atoms with E-state index in [0.29, 0.717) is 12.2 Å². The number of nitrogens with zero attached hydrogens (tertiary/aromatic N) is 1. The Bertz CT molecular complexity index is 1080. The largest absolute Gasteiger partial charge is 0.360 e. The number of sulfonamides is 1. The van der Waals surface area contributed by atoms with Crippen LogP contribution in [-0.2, 0) is 19.9 Å². The molecule has 3 rings (SSSR count). The minimum atomic E-state index is -3.72. The first-order chi connectivity index (χ1) is 12.6. The molecule has 1 saturated carbocycles. The van der Waals surface area contributed by atoms with Crippen LogP contribution in [0.5, 0.6) is 0 Å². The van der Waals surface area contributed by atoms with Crippen molar-refractivity contribution in [2.45, 2.75) is 37.0 Å². The Morgan fingerprint density at radius 3 is 2.52 bits per heavy atom. The summed E-state index contributed by atoms with van der Waals surface area (Å²) in [7, 11) is -7.30. The zero-order valence-corrected chi connectivity index (χ0v) is 16.6. The summed E-state index contributed by atoms with van der Waals surface area (Å²) in [6.45, 7) is 1.71. The van der Waals surface area contributed by atoms with E-state index in [1.54, 1.807) is 6.92 Å². The second-order valence-electron chi connectivity index (χ2n) is 6.61. The summed E-state index contributed by atoms with van der Waals surface area (Å²) in [6.07, 6.45) is 4.50. The molecule has 1 aliphatic carbocycles. The highest BCUT2D eigenvalue weighted by Gasteiger charge is 2.33. The van der Waals surface area contributed by atoms with Crippen molar-refractivity contribution in [2.75, 3.05) is 16.7 Å². The topological polar surface area (TPSA) is 123 Å². The highest BCUT2D eigenvalue weighted by molar-refractivity contribution is 7.92. The van der Waals surface area contributed by atoms with Gasteiger partial charge in [-0.1, -0.05) is 12.1 Å². The zero-order chi connectivity index (χ0) is 19.8. The maximum Gasteiger partial charge on any atom is 0.232 e. The van der Waals surface area contributed by atoms with Crippen molar-refractivity contribution in [3.8, 4) is 0 Å². The van der Waals surface area contributed by atoms with Crippen LogP contribution in [-0.4, -0.2) is 39.8 Å². The predicted molar refractivity (Wildman–Crippen MR) is 99.2 cm³/mol. The van der Waals surface area contributed by atoms with Crippen LogP contribution in [0.4, 0.5) is 5.69 Å². The highest BCUT2D eigenvalue weighted by atomic mass is 32.2. The van der Waals surface area contributed by atoms with E-state index >= 15 is 0 Å². The minimum absolute atomic E-state index is 0.0483. The minimum Gasteiger partial charge on any atom is -0.360 e. The Morgan fingerprint density at radius 2 is 1.93 bits per heavy atom.